The molecule has 0 aromatic rings. The minimum atomic E-state index is -1.52. The van der Waals surface area contributed by atoms with Gasteiger partial charge in [0.05, 0.1) is 36.4 Å². The number of allylic oxidation sites excluding steroid dienone is 3. The van der Waals surface area contributed by atoms with Gasteiger partial charge in [-0.15, -0.1) is 0 Å². The van der Waals surface area contributed by atoms with E-state index < -0.39 is 40.8 Å². The summed E-state index contributed by atoms with van der Waals surface area (Å²) < 4.78 is 18.0. The predicted octanol–water partition coefficient (Wildman–Crippen LogP) is 7.29. The van der Waals surface area contributed by atoms with Crippen molar-refractivity contribution in [3.05, 3.63) is 22.8 Å². The van der Waals surface area contributed by atoms with Crippen LogP contribution >= 0.6 is 0 Å². The monoisotopic (exact) mass is 682 g/mol. The number of aliphatic hydroxyl groups excluding tert-OH is 1. The quantitative estimate of drug-likeness (QED) is 0.183. The van der Waals surface area contributed by atoms with E-state index in [-0.39, 0.29) is 72.2 Å². The van der Waals surface area contributed by atoms with Gasteiger partial charge in [0.25, 0.3) is 0 Å². The molecule has 0 bridgehead atoms. The van der Waals surface area contributed by atoms with Crippen LogP contribution in [0.5, 0.6) is 0 Å². The molecule has 0 radical (unpaired) electrons. The van der Waals surface area contributed by atoms with E-state index >= 15 is 0 Å². The Morgan fingerprint density at radius 2 is 1.63 bits per heavy atom. The summed E-state index contributed by atoms with van der Waals surface area (Å²) in [6.45, 7) is 16.1. The number of hydrogen-bond acceptors (Lipinski definition) is 8. The number of methoxy groups -OCH3 is 1. The van der Waals surface area contributed by atoms with Crippen molar-refractivity contribution in [1.82, 2.24) is 0 Å². The van der Waals surface area contributed by atoms with E-state index in [0.29, 0.717) is 12.8 Å². The number of fused-ring (bicyclic) bond motifs is 5. The number of ether oxygens (including phenoxy) is 3. The highest BCUT2D eigenvalue weighted by Crippen LogP contribution is 2.57. The topological polar surface area (TPSA) is 123 Å². The van der Waals surface area contributed by atoms with Gasteiger partial charge in [-0.2, -0.15) is 0 Å². The summed E-state index contributed by atoms with van der Waals surface area (Å²) in [5, 5.41) is 11.8. The fourth-order valence-corrected chi connectivity index (χ4v) is 9.55. The van der Waals surface area contributed by atoms with Crippen LogP contribution < -0.4 is 0 Å². The second-order valence-electron chi connectivity index (χ2n) is 17.4. The molecule has 0 aromatic carbocycles. The molecule has 5 aliphatic rings. The van der Waals surface area contributed by atoms with Crippen molar-refractivity contribution in [1.29, 1.82) is 0 Å². The number of Topliss-reactive ketones (excluding diaryl/α,β-unsaturated/α-hetero) is 3. The van der Waals surface area contributed by atoms with Crippen molar-refractivity contribution in [2.24, 2.45) is 40.9 Å². The molecule has 11 atom stereocenters. The summed E-state index contributed by atoms with van der Waals surface area (Å²) in [6, 6.07) is 0. The number of ketones is 3. The zero-order valence-electron chi connectivity index (χ0n) is 31.6. The van der Waals surface area contributed by atoms with Gasteiger partial charge in [-0.3, -0.25) is 19.2 Å². The SMILES string of the molecule is COC(=O)[C@]12CC(=O)[C@H](C(C)C)CC(=O)[C@H](C)CCC[C@H](C)CC(=O)[C@H]1CC(C)=C1C[C@H](O)[C@]3(C)O[C@@H]3CC[C@]3(C)O[C@@H]3CC/C(C)=C/[C@@H]12. The average molecular weight is 683 g/mol. The van der Waals surface area contributed by atoms with Gasteiger partial charge in [0.15, 0.2) is 0 Å². The lowest BCUT2D eigenvalue weighted by Crippen LogP contribution is -2.54. The Bertz CT molecular complexity index is 1380. The van der Waals surface area contributed by atoms with Crippen LogP contribution in [0.25, 0.3) is 0 Å². The Balaban J connectivity index is 1.68. The molecule has 5 rings (SSSR count). The highest BCUT2D eigenvalue weighted by Gasteiger charge is 2.62. The number of rotatable bonds is 2. The van der Waals surface area contributed by atoms with Gasteiger partial charge in [-0.05, 0) is 84.5 Å². The van der Waals surface area contributed by atoms with Gasteiger partial charge >= 0.3 is 5.97 Å². The highest BCUT2D eigenvalue weighted by atomic mass is 16.6. The van der Waals surface area contributed by atoms with Crippen LogP contribution in [0.1, 0.15) is 132 Å². The smallest absolute Gasteiger partial charge is 0.313 e. The lowest BCUT2D eigenvalue weighted by molar-refractivity contribution is -0.166. The van der Waals surface area contributed by atoms with Crippen LogP contribution in [0.4, 0.5) is 0 Å². The Labute approximate surface area is 294 Å². The number of carbonyl (C=O) groups excluding carboxylic acids is 4. The first-order valence-corrected chi connectivity index (χ1v) is 19.0. The van der Waals surface area contributed by atoms with Gasteiger partial charge < -0.3 is 19.3 Å². The summed E-state index contributed by atoms with van der Waals surface area (Å²) in [4.78, 5) is 57.4. The van der Waals surface area contributed by atoms with Crippen molar-refractivity contribution >= 4 is 23.3 Å². The normalized spacial score (nSPS) is 43.9. The van der Waals surface area contributed by atoms with Crippen molar-refractivity contribution in [3.8, 4) is 0 Å². The molecule has 0 spiro atoms. The molecule has 2 saturated heterocycles. The van der Waals surface area contributed by atoms with Crippen LogP contribution in [0.15, 0.2) is 22.8 Å². The lowest BCUT2D eigenvalue weighted by Gasteiger charge is -2.48. The summed E-state index contributed by atoms with van der Waals surface area (Å²) >= 11 is 0. The molecule has 3 aliphatic carbocycles. The molecule has 0 aromatic heterocycles. The number of hydrogen-bond donors (Lipinski definition) is 1. The number of epoxide rings is 2. The molecule has 0 amide bonds. The van der Waals surface area contributed by atoms with Crippen LogP contribution in [-0.4, -0.2) is 65.0 Å². The first-order valence-electron chi connectivity index (χ1n) is 19.0. The molecule has 3 fully saturated rings. The van der Waals surface area contributed by atoms with Crippen molar-refractivity contribution < 1.29 is 38.5 Å². The third-order valence-corrected chi connectivity index (χ3v) is 13.3. The Morgan fingerprint density at radius 3 is 2.31 bits per heavy atom. The van der Waals surface area contributed by atoms with E-state index in [0.717, 1.165) is 61.7 Å². The first kappa shape index (κ1) is 38.1. The van der Waals surface area contributed by atoms with Crippen LogP contribution in [0.3, 0.4) is 0 Å². The Hall–Kier alpha value is -2.16. The van der Waals surface area contributed by atoms with Crippen molar-refractivity contribution in [3.63, 3.8) is 0 Å². The molecular weight excluding hydrogens is 620 g/mol. The second-order valence-corrected chi connectivity index (χ2v) is 17.4. The number of esters is 1. The Morgan fingerprint density at radius 1 is 0.918 bits per heavy atom. The summed E-state index contributed by atoms with van der Waals surface area (Å²) in [5.41, 5.74) is 0.440. The third kappa shape index (κ3) is 7.58. The second kappa shape index (κ2) is 14.5. The van der Waals surface area contributed by atoms with Gasteiger partial charge in [0.2, 0.25) is 0 Å². The standard InChI is InChI=1S/C41H62O8/c1-23(2)28-20-32(42)26(5)12-10-11-24(3)18-33(43)31-19-27(6)29-21-35(45)40(8)37(49-40)15-16-39(7)36(48-39)14-13-25(4)17-30(29)41(31,22-34(28)44)38(46)47-9/h17,23-24,26,28,30-31,35-37,45H,10-16,18-22H2,1-9H3/b25-17+/t24-,26+,28-,30-,31+,35-,36+,37+,39-,40-,41-/m0/s1. The number of aliphatic hydroxyl groups is 1. The number of carbonyl (C=O) groups is 4. The molecule has 0 unspecified atom stereocenters. The molecule has 274 valence electrons. The minimum Gasteiger partial charge on any atom is -0.469 e. The van der Waals surface area contributed by atoms with Gasteiger partial charge in [0, 0.05) is 42.9 Å². The summed E-state index contributed by atoms with van der Waals surface area (Å²) in [5.74, 6) is -2.92. The van der Waals surface area contributed by atoms with E-state index in [1.165, 1.54) is 7.11 Å². The van der Waals surface area contributed by atoms with E-state index in [9.17, 15) is 24.3 Å². The third-order valence-electron chi connectivity index (χ3n) is 13.3. The van der Waals surface area contributed by atoms with Crippen LogP contribution in [0, 0.1) is 40.9 Å². The van der Waals surface area contributed by atoms with Crippen LogP contribution in [-0.2, 0) is 33.4 Å². The molecule has 2 heterocycles. The van der Waals surface area contributed by atoms with E-state index in [1.54, 1.807) is 0 Å². The van der Waals surface area contributed by atoms with Crippen molar-refractivity contribution in [2.45, 2.75) is 162 Å². The molecule has 8 heteroatoms. The highest BCUT2D eigenvalue weighted by molar-refractivity contribution is 5.97. The molecular formula is C41H62O8. The maximum atomic E-state index is 14.7. The van der Waals surface area contributed by atoms with Crippen molar-refractivity contribution in [2.75, 3.05) is 7.11 Å². The predicted molar refractivity (Wildman–Crippen MR) is 188 cm³/mol. The fraction of sp³-hybridized carbons (Fsp3) is 0.805. The van der Waals surface area contributed by atoms with E-state index in [4.69, 9.17) is 14.2 Å². The molecule has 1 N–H and O–H groups in total. The molecule has 2 aliphatic heterocycles. The van der Waals surface area contributed by atoms with Gasteiger partial charge in [0.1, 0.15) is 23.0 Å². The Kier molecular flexibility index (Phi) is 11.2. The van der Waals surface area contributed by atoms with E-state index in [1.807, 2.05) is 34.6 Å². The average Bonchev–Trinajstić information content (AvgIpc) is 3.92. The molecule has 1 saturated carbocycles. The first-order chi connectivity index (χ1) is 23.0. The maximum Gasteiger partial charge on any atom is 0.313 e. The molecule has 8 nitrogen and oxygen atoms in total. The largest absolute Gasteiger partial charge is 0.469 e. The summed E-state index contributed by atoms with van der Waals surface area (Å²) in [7, 11) is 1.34. The fourth-order valence-electron chi connectivity index (χ4n) is 9.55. The zero-order chi connectivity index (χ0) is 36.1. The maximum absolute atomic E-state index is 14.7. The van der Waals surface area contributed by atoms with Crippen LogP contribution in [0.2, 0.25) is 0 Å². The van der Waals surface area contributed by atoms with Gasteiger partial charge in [-0.1, -0.05) is 63.3 Å². The van der Waals surface area contributed by atoms with Gasteiger partial charge in [-0.25, -0.2) is 0 Å². The molecule has 49 heavy (non-hydrogen) atoms. The zero-order valence-corrected chi connectivity index (χ0v) is 31.6. The summed E-state index contributed by atoms with van der Waals surface area (Å²) in [6.07, 6.45) is 7.67. The minimum absolute atomic E-state index is 0.0166. The van der Waals surface area contributed by atoms with E-state index in [2.05, 4.69) is 26.8 Å². The lowest BCUT2D eigenvalue weighted by atomic mass is 9.53.